The molecular formula is C16H22O5. The van der Waals surface area contributed by atoms with Gasteiger partial charge in [0.05, 0.1) is 21.3 Å². The SMILES string of the molecule is COc1cc(OC)c(C/C=C(\C)COC(C)=O)c(OC)c1. The summed E-state index contributed by atoms with van der Waals surface area (Å²) >= 11 is 0. The van der Waals surface area contributed by atoms with Crippen LogP contribution < -0.4 is 14.2 Å². The third-order valence-corrected chi connectivity index (χ3v) is 2.97. The Morgan fingerprint density at radius 2 is 1.62 bits per heavy atom. The lowest BCUT2D eigenvalue weighted by atomic mass is 10.1. The van der Waals surface area contributed by atoms with Crippen molar-refractivity contribution in [3.05, 3.63) is 29.3 Å². The normalized spacial score (nSPS) is 11.0. The predicted octanol–water partition coefficient (Wildman–Crippen LogP) is 2.76. The van der Waals surface area contributed by atoms with Crippen LogP contribution in [0.2, 0.25) is 0 Å². The summed E-state index contributed by atoms with van der Waals surface area (Å²) in [4.78, 5) is 10.8. The van der Waals surface area contributed by atoms with E-state index in [1.165, 1.54) is 6.92 Å². The topological polar surface area (TPSA) is 54.0 Å². The van der Waals surface area contributed by atoms with Gasteiger partial charge in [0.15, 0.2) is 0 Å². The molecule has 0 saturated heterocycles. The van der Waals surface area contributed by atoms with Crippen LogP contribution >= 0.6 is 0 Å². The molecule has 0 aliphatic carbocycles. The number of ether oxygens (including phenoxy) is 4. The second-order valence-electron chi connectivity index (χ2n) is 4.55. The summed E-state index contributed by atoms with van der Waals surface area (Å²) in [7, 11) is 4.80. The van der Waals surface area contributed by atoms with Gasteiger partial charge in [0, 0.05) is 24.6 Å². The van der Waals surface area contributed by atoms with E-state index < -0.39 is 0 Å². The maximum Gasteiger partial charge on any atom is 0.302 e. The fourth-order valence-electron chi connectivity index (χ4n) is 1.83. The van der Waals surface area contributed by atoms with Gasteiger partial charge >= 0.3 is 5.97 Å². The molecule has 0 N–H and O–H groups in total. The first-order chi connectivity index (χ1) is 10.0. The minimum absolute atomic E-state index is 0.288. The van der Waals surface area contributed by atoms with Crippen molar-refractivity contribution in [3.8, 4) is 17.2 Å². The molecule has 1 aromatic rings. The van der Waals surface area contributed by atoms with Gasteiger partial charge in [-0.05, 0) is 18.9 Å². The monoisotopic (exact) mass is 294 g/mol. The van der Waals surface area contributed by atoms with E-state index in [1.54, 1.807) is 21.3 Å². The Balaban J connectivity index is 2.95. The summed E-state index contributed by atoms with van der Waals surface area (Å²) in [6.45, 7) is 3.59. The lowest BCUT2D eigenvalue weighted by molar-refractivity contribution is -0.139. The summed E-state index contributed by atoms with van der Waals surface area (Å²) in [5, 5.41) is 0. The molecule has 0 aromatic heterocycles. The Bertz CT molecular complexity index is 494. The van der Waals surface area contributed by atoms with Gasteiger partial charge in [-0.3, -0.25) is 4.79 Å². The number of hydrogen-bond acceptors (Lipinski definition) is 5. The number of esters is 1. The zero-order valence-electron chi connectivity index (χ0n) is 13.2. The number of hydrogen-bond donors (Lipinski definition) is 0. The highest BCUT2D eigenvalue weighted by Crippen LogP contribution is 2.34. The van der Waals surface area contributed by atoms with Gasteiger partial charge in [0.1, 0.15) is 23.9 Å². The molecule has 5 heteroatoms. The van der Waals surface area contributed by atoms with Crippen LogP contribution in [-0.4, -0.2) is 33.9 Å². The second kappa shape index (κ2) is 8.19. The highest BCUT2D eigenvalue weighted by atomic mass is 16.5. The molecule has 0 spiro atoms. The van der Waals surface area contributed by atoms with Crippen LogP contribution in [0.3, 0.4) is 0 Å². The number of allylic oxidation sites excluding steroid dienone is 1. The van der Waals surface area contributed by atoms with E-state index in [4.69, 9.17) is 18.9 Å². The average molecular weight is 294 g/mol. The van der Waals surface area contributed by atoms with E-state index in [0.717, 1.165) is 11.1 Å². The van der Waals surface area contributed by atoms with Gasteiger partial charge in [-0.15, -0.1) is 0 Å². The molecule has 1 aromatic carbocycles. The summed E-state index contributed by atoms with van der Waals surface area (Å²) in [5.74, 6) is 1.78. The molecule has 0 heterocycles. The van der Waals surface area contributed by atoms with Crippen molar-refractivity contribution in [3.63, 3.8) is 0 Å². The van der Waals surface area contributed by atoms with Gasteiger partial charge in [0.2, 0.25) is 0 Å². The Labute approximate surface area is 125 Å². The minimum atomic E-state index is -0.289. The molecule has 0 aliphatic heterocycles. The van der Waals surface area contributed by atoms with Gasteiger partial charge < -0.3 is 18.9 Å². The van der Waals surface area contributed by atoms with E-state index in [9.17, 15) is 4.79 Å². The maximum atomic E-state index is 10.8. The van der Waals surface area contributed by atoms with Crippen molar-refractivity contribution in [1.29, 1.82) is 0 Å². The largest absolute Gasteiger partial charge is 0.496 e. The number of methoxy groups -OCH3 is 3. The first-order valence-electron chi connectivity index (χ1n) is 6.59. The quantitative estimate of drug-likeness (QED) is 0.572. The van der Waals surface area contributed by atoms with Crippen LogP contribution in [0.25, 0.3) is 0 Å². The summed E-state index contributed by atoms with van der Waals surface area (Å²) < 4.78 is 20.9. The predicted molar refractivity (Wildman–Crippen MR) is 80.2 cm³/mol. The summed E-state index contributed by atoms with van der Waals surface area (Å²) in [5.41, 5.74) is 1.88. The number of carbonyl (C=O) groups excluding carboxylic acids is 1. The first-order valence-corrected chi connectivity index (χ1v) is 6.59. The molecule has 0 amide bonds. The Morgan fingerprint density at radius 1 is 1.05 bits per heavy atom. The molecule has 0 radical (unpaired) electrons. The standard InChI is InChI=1S/C16H22O5/c1-11(10-21-12(2)17)6-7-14-15(19-4)8-13(18-3)9-16(14)20-5/h6,8-9H,7,10H2,1-5H3/b11-6+. The van der Waals surface area contributed by atoms with E-state index in [1.807, 2.05) is 25.1 Å². The molecule has 0 fully saturated rings. The van der Waals surface area contributed by atoms with Crippen LogP contribution in [-0.2, 0) is 16.0 Å². The Hall–Kier alpha value is -2.17. The van der Waals surface area contributed by atoms with Crippen LogP contribution in [0.15, 0.2) is 23.8 Å². The van der Waals surface area contributed by atoms with Crippen molar-refractivity contribution in [1.82, 2.24) is 0 Å². The Morgan fingerprint density at radius 3 is 2.05 bits per heavy atom. The van der Waals surface area contributed by atoms with Gasteiger partial charge in [-0.1, -0.05) is 6.08 Å². The molecular weight excluding hydrogens is 272 g/mol. The summed E-state index contributed by atoms with van der Waals surface area (Å²) in [6, 6.07) is 3.63. The molecule has 21 heavy (non-hydrogen) atoms. The van der Waals surface area contributed by atoms with Crippen LogP contribution in [0.4, 0.5) is 0 Å². The Kier molecular flexibility index (Phi) is 6.59. The van der Waals surface area contributed by atoms with Gasteiger partial charge in [0.25, 0.3) is 0 Å². The number of carbonyl (C=O) groups is 1. The highest BCUT2D eigenvalue weighted by molar-refractivity contribution is 5.66. The summed E-state index contributed by atoms with van der Waals surface area (Å²) in [6.07, 6.45) is 2.60. The zero-order valence-corrected chi connectivity index (χ0v) is 13.2. The first kappa shape index (κ1) is 16.9. The molecule has 0 bridgehead atoms. The number of rotatable bonds is 7. The van der Waals surface area contributed by atoms with Crippen LogP contribution in [0.1, 0.15) is 19.4 Å². The van der Waals surface area contributed by atoms with E-state index >= 15 is 0 Å². The van der Waals surface area contributed by atoms with Crippen molar-refractivity contribution in [2.24, 2.45) is 0 Å². The molecule has 5 nitrogen and oxygen atoms in total. The smallest absolute Gasteiger partial charge is 0.302 e. The lowest BCUT2D eigenvalue weighted by Gasteiger charge is -2.14. The van der Waals surface area contributed by atoms with Crippen molar-refractivity contribution >= 4 is 5.97 Å². The highest BCUT2D eigenvalue weighted by Gasteiger charge is 2.12. The van der Waals surface area contributed by atoms with E-state index in [0.29, 0.717) is 23.7 Å². The average Bonchev–Trinajstić information content (AvgIpc) is 2.49. The molecule has 1 rings (SSSR count). The zero-order chi connectivity index (χ0) is 15.8. The van der Waals surface area contributed by atoms with Crippen LogP contribution in [0.5, 0.6) is 17.2 Å². The van der Waals surface area contributed by atoms with E-state index in [2.05, 4.69) is 0 Å². The molecule has 0 aliphatic rings. The fourth-order valence-corrected chi connectivity index (χ4v) is 1.83. The lowest BCUT2D eigenvalue weighted by Crippen LogP contribution is -2.02. The third-order valence-electron chi connectivity index (χ3n) is 2.97. The van der Waals surface area contributed by atoms with Crippen molar-refractivity contribution < 1.29 is 23.7 Å². The molecule has 0 unspecified atom stereocenters. The molecule has 0 saturated carbocycles. The molecule has 0 atom stereocenters. The molecule has 116 valence electrons. The van der Waals surface area contributed by atoms with Gasteiger partial charge in [-0.2, -0.15) is 0 Å². The minimum Gasteiger partial charge on any atom is -0.496 e. The van der Waals surface area contributed by atoms with Gasteiger partial charge in [-0.25, -0.2) is 0 Å². The third kappa shape index (κ3) is 5.02. The number of benzene rings is 1. The maximum absolute atomic E-state index is 10.8. The van der Waals surface area contributed by atoms with E-state index in [-0.39, 0.29) is 12.6 Å². The van der Waals surface area contributed by atoms with Crippen molar-refractivity contribution in [2.75, 3.05) is 27.9 Å². The van der Waals surface area contributed by atoms with Crippen LogP contribution in [0, 0.1) is 0 Å². The van der Waals surface area contributed by atoms with Crippen molar-refractivity contribution in [2.45, 2.75) is 20.3 Å². The fraction of sp³-hybridized carbons (Fsp3) is 0.438. The second-order valence-corrected chi connectivity index (χ2v) is 4.55.